The predicted octanol–water partition coefficient (Wildman–Crippen LogP) is 3.09. The molecule has 1 aromatic rings. The average Bonchev–Trinajstić information content (AvgIpc) is 2.37. The number of halogens is 1. The molecule has 1 heterocycles. The van der Waals surface area contributed by atoms with Crippen LogP contribution < -0.4 is 5.32 Å². The molecule has 0 radical (unpaired) electrons. The zero-order chi connectivity index (χ0) is 12.1. The average molecular weight is 253 g/mol. The molecule has 1 fully saturated rings. The summed E-state index contributed by atoms with van der Waals surface area (Å²) in [4.78, 5) is 2.58. The van der Waals surface area contributed by atoms with E-state index in [0.29, 0.717) is 6.04 Å². The van der Waals surface area contributed by atoms with Gasteiger partial charge >= 0.3 is 0 Å². The number of hydrogen-bond donors (Lipinski definition) is 1. The number of hydrogen-bond acceptors (Lipinski definition) is 2. The van der Waals surface area contributed by atoms with Gasteiger partial charge in [0.1, 0.15) is 0 Å². The van der Waals surface area contributed by atoms with E-state index < -0.39 is 0 Å². The van der Waals surface area contributed by atoms with Gasteiger partial charge in [-0.15, -0.1) is 0 Å². The minimum atomic E-state index is 0.529. The van der Waals surface area contributed by atoms with E-state index >= 15 is 0 Å². The van der Waals surface area contributed by atoms with Crippen LogP contribution >= 0.6 is 11.6 Å². The molecule has 0 saturated carbocycles. The Hall–Kier alpha value is -0.570. The second-order valence-electron chi connectivity index (χ2n) is 4.65. The molecule has 1 atom stereocenters. The Balaban J connectivity index is 2.15. The van der Waals surface area contributed by atoms with Crippen molar-refractivity contribution in [2.24, 2.45) is 0 Å². The van der Waals surface area contributed by atoms with Crippen molar-refractivity contribution in [1.29, 1.82) is 0 Å². The summed E-state index contributed by atoms with van der Waals surface area (Å²) >= 11 is 6.10. The molecule has 0 unspecified atom stereocenters. The second kappa shape index (κ2) is 6.39. The van der Waals surface area contributed by atoms with Crippen molar-refractivity contribution in [3.05, 3.63) is 34.9 Å². The van der Waals surface area contributed by atoms with Crippen LogP contribution in [0.25, 0.3) is 0 Å². The van der Waals surface area contributed by atoms with Gasteiger partial charge in [0.05, 0.1) is 0 Å². The summed E-state index contributed by atoms with van der Waals surface area (Å²) in [5, 5.41) is 4.25. The van der Waals surface area contributed by atoms with Gasteiger partial charge < -0.3 is 5.32 Å². The summed E-state index contributed by atoms with van der Waals surface area (Å²) < 4.78 is 0. The Labute approximate surface area is 109 Å². The molecule has 1 aromatic carbocycles. The second-order valence-corrected chi connectivity index (χ2v) is 5.08. The largest absolute Gasteiger partial charge is 0.314 e. The van der Waals surface area contributed by atoms with Crippen LogP contribution in [0, 0.1) is 0 Å². The molecule has 0 bridgehead atoms. The molecule has 1 aliphatic heterocycles. The molecule has 2 rings (SSSR count). The van der Waals surface area contributed by atoms with Gasteiger partial charge in [0.25, 0.3) is 0 Å². The van der Waals surface area contributed by atoms with Crippen LogP contribution in [-0.2, 0) is 0 Å². The quantitative estimate of drug-likeness (QED) is 0.886. The predicted molar refractivity (Wildman–Crippen MR) is 73.5 cm³/mol. The van der Waals surface area contributed by atoms with Crippen LogP contribution in [0.1, 0.15) is 31.4 Å². The van der Waals surface area contributed by atoms with Gasteiger partial charge in [-0.1, -0.05) is 37.1 Å². The zero-order valence-electron chi connectivity index (χ0n) is 10.5. The first-order valence-corrected chi connectivity index (χ1v) is 6.89. The van der Waals surface area contributed by atoms with E-state index in [1.54, 1.807) is 0 Å². The van der Waals surface area contributed by atoms with Crippen LogP contribution in [0.3, 0.4) is 0 Å². The molecule has 0 amide bonds. The Kier molecular flexibility index (Phi) is 4.84. The van der Waals surface area contributed by atoms with E-state index in [4.69, 9.17) is 11.6 Å². The molecule has 1 N–H and O–H groups in total. The van der Waals surface area contributed by atoms with Gasteiger partial charge in [0.15, 0.2) is 0 Å². The maximum Gasteiger partial charge on any atom is 0.0409 e. The lowest BCUT2D eigenvalue weighted by atomic mass is 10.00. The van der Waals surface area contributed by atoms with Crippen molar-refractivity contribution >= 4 is 11.6 Å². The Morgan fingerprint density at radius 1 is 1.35 bits per heavy atom. The Morgan fingerprint density at radius 3 is 2.76 bits per heavy atom. The maximum absolute atomic E-state index is 6.10. The van der Waals surface area contributed by atoms with Gasteiger partial charge in [-0.3, -0.25) is 4.90 Å². The lowest BCUT2D eigenvalue weighted by Gasteiger charge is -2.35. The molecule has 2 nitrogen and oxygen atoms in total. The van der Waals surface area contributed by atoms with Crippen molar-refractivity contribution in [2.75, 3.05) is 26.2 Å². The standard InChI is InChI=1S/C14H21ClN2/c1-2-4-14(17-9-7-16-8-10-17)12-5-3-6-13(15)11-12/h3,5-6,11,14,16H,2,4,7-10H2,1H3/t14-/m0/s1. The van der Waals surface area contributed by atoms with Crippen LogP contribution in [0.5, 0.6) is 0 Å². The van der Waals surface area contributed by atoms with E-state index in [9.17, 15) is 0 Å². The summed E-state index contributed by atoms with van der Waals surface area (Å²) in [5.74, 6) is 0. The first kappa shape index (κ1) is 12.9. The maximum atomic E-state index is 6.10. The highest BCUT2D eigenvalue weighted by molar-refractivity contribution is 6.30. The zero-order valence-corrected chi connectivity index (χ0v) is 11.2. The first-order chi connectivity index (χ1) is 8.31. The van der Waals surface area contributed by atoms with E-state index in [-0.39, 0.29) is 0 Å². The van der Waals surface area contributed by atoms with Crippen LogP contribution in [-0.4, -0.2) is 31.1 Å². The van der Waals surface area contributed by atoms with Crippen LogP contribution in [0.2, 0.25) is 5.02 Å². The van der Waals surface area contributed by atoms with Crippen molar-refractivity contribution in [3.8, 4) is 0 Å². The SMILES string of the molecule is CCC[C@@H](c1cccc(Cl)c1)N1CCNCC1. The summed E-state index contributed by atoms with van der Waals surface area (Å²) in [6, 6.07) is 8.85. The number of nitrogens with one attached hydrogen (secondary N) is 1. The summed E-state index contributed by atoms with van der Waals surface area (Å²) in [6.07, 6.45) is 2.42. The lowest BCUT2D eigenvalue weighted by molar-refractivity contribution is 0.164. The Bertz CT molecular complexity index is 348. The van der Waals surface area contributed by atoms with Gasteiger partial charge in [0.2, 0.25) is 0 Å². The molecule has 0 aliphatic carbocycles. The summed E-state index contributed by atoms with van der Waals surface area (Å²) in [5.41, 5.74) is 1.36. The first-order valence-electron chi connectivity index (χ1n) is 6.51. The van der Waals surface area contributed by atoms with Crippen molar-refractivity contribution in [1.82, 2.24) is 10.2 Å². The number of rotatable bonds is 4. The third-order valence-electron chi connectivity index (χ3n) is 3.39. The molecular formula is C14H21ClN2. The summed E-state index contributed by atoms with van der Waals surface area (Å²) in [7, 11) is 0. The number of nitrogens with zero attached hydrogens (tertiary/aromatic N) is 1. The fourth-order valence-electron chi connectivity index (χ4n) is 2.54. The fraction of sp³-hybridized carbons (Fsp3) is 0.571. The molecule has 17 heavy (non-hydrogen) atoms. The van der Waals surface area contributed by atoms with Crippen LogP contribution in [0.15, 0.2) is 24.3 Å². The highest BCUT2D eigenvalue weighted by Gasteiger charge is 2.21. The molecule has 3 heteroatoms. The summed E-state index contributed by atoms with van der Waals surface area (Å²) in [6.45, 7) is 6.72. The van der Waals surface area contributed by atoms with Gasteiger partial charge in [-0.05, 0) is 24.1 Å². The number of benzene rings is 1. The lowest BCUT2D eigenvalue weighted by Crippen LogP contribution is -2.45. The molecule has 0 spiro atoms. The van der Waals surface area contributed by atoms with Crippen molar-refractivity contribution < 1.29 is 0 Å². The van der Waals surface area contributed by atoms with Gasteiger partial charge in [0, 0.05) is 37.2 Å². The van der Waals surface area contributed by atoms with E-state index in [0.717, 1.165) is 31.2 Å². The normalized spacial score (nSPS) is 19.2. The van der Waals surface area contributed by atoms with Crippen molar-refractivity contribution in [3.63, 3.8) is 0 Å². The molecule has 94 valence electrons. The molecular weight excluding hydrogens is 232 g/mol. The smallest absolute Gasteiger partial charge is 0.0409 e. The van der Waals surface area contributed by atoms with E-state index in [1.165, 1.54) is 18.4 Å². The minimum absolute atomic E-state index is 0.529. The van der Waals surface area contributed by atoms with E-state index in [2.05, 4.69) is 35.3 Å². The highest BCUT2D eigenvalue weighted by atomic mass is 35.5. The van der Waals surface area contributed by atoms with Gasteiger partial charge in [-0.25, -0.2) is 0 Å². The van der Waals surface area contributed by atoms with E-state index in [1.807, 2.05) is 6.07 Å². The molecule has 1 saturated heterocycles. The fourth-order valence-corrected chi connectivity index (χ4v) is 2.74. The Morgan fingerprint density at radius 2 is 2.12 bits per heavy atom. The third-order valence-corrected chi connectivity index (χ3v) is 3.62. The monoisotopic (exact) mass is 252 g/mol. The highest BCUT2D eigenvalue weighted by Crippen LogP contribution is 2.27. The topological polar surface area (TPSA) is 15.3 Å². The molecule has 1 aliphatic rings. The molecule has 0 aromatic heterocycles. The van der Waals surface area contributed by atoms with Crippen molar-refractivity contribution in [2.45, 2.75) is 25.8 Å². The third kappa shape index (κ3) is 3.44. The number of piperazine rings is 1. The van der Waals surface area contributed by atoms with Gasteiger partial charge in [-0.2, -0.15) is 0 Å². The van der Waals surface area contributed by atoms with Crippen LogP contribution in [0.4, 0.5) is 0 Å². The minimum Gasteiger partial charge on any atom is -0.314 e.